The van der Waals surface area contributed by atoms with Crippen molar-refractivity contribution >= 4 is 23.6 Å². The zero-order chi connectivity index (χ0) is 18.5. The molecular formula is C20H21NO4S. The van der Waals surface area contributed by atoms with Gasteiger partial charge in [0.15, 0.2) is 6.61 Å². The summed E-state index contributed by atoms with van der Waals surface area (Å²) in [4.78, 5) is 25.2. The maximum atomic E-state index is 12.9. The number of nitrogens with zero attached hydrogens (tertiary/aromatic N) is 1. The fourth-order valence-corrected chi connectivity index (χ4v) is 4.29. The van der Waals surface area contributed by atoms with Crippen molar-refractivity contribution in [3.05, 3.63) is 65.2 Å². The molecule has 3 rings (SSSR count). The van der Waals surface area contributed by atoms with E-state index < -0.39 is 5.97 Å². The number of carboxylic acid groups (broad SMARTS) is 1. The number of amides is 1. The van der Waals surface area contributed by atoms with E-state index in [9.17, 15) is 9.59 Å². The smallest absolute Gasteiger partial charge is 0.341 e. The Morgan fingerprint density at radius 1 is 1.19 bits per heavy atom. The molecule has 0 fully saturated rings. The van der Waals surface area contributed by atoms with Gasteiger partial charge >= 0.3 is 5.97 Å². The number of hydrogen-bond acceptors (Lipinski definition) is 4. The van der Waals surface area contributed by atoms with E-state index in [0.29, 0.717) is 12.3 Å². The van der Waals surface area contributed by atoms with E-state index in [-0.39, 0.29) is 17.8 Å². The van der Waals surface area contributed by atoms with Crippen LogP contribution < -0.4 is 4.74 Å². The van der Waals surface area contributed by atoms with E-state index >= 15 is 0 Å². The van der Waals surface area contributed by atoms with E-state index in [1.54, 1.807) is 28.8 Å². The molecular weight excluding hydrogens is 350 g/mol. The molecule has 0 bridgehead atoms. The number of aryl methyl sites for hydroxylation is 1. The first-order chi connectivity index (χ1) is 12.5. The van der Waals surface area contributed by atoms with Crippen LogP contribution in [0.25, 0.3) is 0 Å². The Balaban J connectivity index is 1.64. The first-order valence-electron chi connectivity index (χ1n) is 8.42. The van der Waals surface area contributed by atoms with Gasteiger partial charge in [-0.15, -0.1) is 11.8 Å². The lowest BCUT2D eigenvalue weighted by atomic mass is 10.0. The van der Waals surface area contributed by atoms with Gasteiger partial charge in [-0.1, -0.05) is 36.4 Å². The molecule has 2 aromatic carbocycles. The van der Waals surface area contributed by atoms with E-state index in [1.807, 2.05) is 37.4 Å². The van der Waals surface area contributed by atoms with Crippen molar-refractivity contribution in [3.63, 3.8) is 0 Å². The Hall–Kier alpha value is -2.47. The maximum Gasteiger partial charge on any atom is 0.341 e. The van der Waals surface area contributed by atoms with Gasteiger partial charge < -0.3 is 14.7 Å². The highest BCUT2D eigenvalue weighted by atomic mass is 32.2. The molecule has 1 unspecified atom stereocenters. The lowest BCUT2D eigenvalue weighted by Gasteiger charge is -2.28. The van der Waals surface area contributed by atoms with Crippen molar-refractivity contribution in [1.82, 2.24) is 4.90 Å². The summed E-state index contributed by atoms with van der Waals surface area (Å²) in [5.41, 5.74) is 3.36. The molecule has 0 saturated carbocycles. The van der Waals surface area contributed by atoms with Crippen LogP contribution in [0, 0.1) is 0 Å². The molecule has 26 heavy (non-hydrogen) atoms. The molecule has 5 nitrogen and oxygen atoms in total. The van der Waals surface area contributed by atoms with Crippen LogP contribution in [0.1, 0.15) is 21.9 Å². The summed E-state index contributed by atoms with van der Waals surface area (Å²) in [6.07, 6.45) is 1.01. The van der Waals surface area contributed by atoms with Crippen molar-refractivity contribution in [2.24, 2.45) is 0 Å². The molecule has 0 aromatic heterocycles. The fourth-order valence-electron chi connectivity index (χ4n) is 2.99. The standard InChI is InChI=1S/C20H21NO4S/c1-21(12-14-6-8-16(9-7-14)25-13-18(22)23)20(24)19-17-5-3-2-4-15(17)10-11-26-19/h2-9,19H,10-13H2,1H3,(H,22,23). The van der Waals surface area contributed by atoms with Crippen LogP contribution in [0.3, 0.4) is 0 Å². The van der Waals surface area contributed by atoms with Crippen LogP contribution in [-0.2, 0) is 22.6 Å². The van der Waals surface area contributed by atoms with Crippen molar-refractivity contribution in [1.29, 1.82) is 0 Å². The minimum absolute atomic E-state index is 0.105. The van der Waals surface area contributed by atoms with Gasteiger partial charge in [0.1, 0.15) is 11.0 Å². The molecule has 0 radical (unpaired) electrons. The first-order valence-corrected chi connectivity index (χ1v) is 9.47. The number of likely N-dealkylation sites (N-methyl/N-ethyl adjacent to an activating group) is 1. The summed E-state index contributed by atoms with van der Waals surface area (Å²) in [5, 5.41) is 8.48. The van der Waals surface area contributed by atoms with Gasteiger partial charge in [0.25, 0.3) is 0 Å². The van der Waals surface area contributed by atoms with Gasteiger partial charge in [-0.05, 0) is 41.0 Å². The second-order valence-electron chi connectivity index (χ2n) is 6.22. The second kappa shape index (κ2) is 8.27. The zero-order valence-electron chi connectivity index (χ0n) is 14.6. The molecule has 2 aromatic rings. The molecule has 1 aliphatic rings. The number of aliphatic carboxylic acids is 1. The third kappa shape index (κ3) is 4.38. The van der Waals surface area contributed by atoms with Crippen LogP contribution in [0.15, 0.2) is 48.5 Å². The van der Waals surface area contributed by atoms with E-state index in [1.165, 1.54) is 5.56 Å². The molecule has 6 heteroatoms. The molecule has 0 spiro atoms. The van der Waals surface area contributed by atoms with Crippen molar-refractivity contribution < 1.29 is 19.4 Å². The minimum atomic E-state index is -1.01. The molecule has 0 saturated heterocycles. The molecule has 1 atom stereocenters. The molecule has 0 aliphatic carbocycles. The summed E-state index contributed by atoms with van der Waals surface area (Å²) < 4.78 is 5.13. The number of fused-ring (bicyclic) bond motifs is 1. The number of benzene rings is 2. The van der Waals surface area contributed by atoms with Crippen LogP contribution >= 0.6 is 11.8 Å². The van der Waals surface area contributed by atoms with Gasteiger partial charge in [0.05, 0.1) is 0 Å². The van der Waals surface area contributed by atoms with Gasteiger partial charge in [0.2, 0.25) is 5.91 Å². The topological polar surface area (TPSA) is 66.8 Å². The highest BCUT2D eigenvalue weighted by Gasteiger charge is 2.29. The highest BCUT2D eigenvalue weighted by molar-refractivity contribution is 8.00. The average molecular weight is 371 g/mol. The average Bonchev–Trinajstić information content (AvgIpc) is 2.66. The number of thioether (sulfide) groups is 1. The Bertz CT molecular complexity index is 791. The van der Waals surface area contributed by atoms with Gasteiger partial charge in [-0.2, -0.15) is 0 Å². The molecule has 1 heterocycles. The summed E-state index contributed by atoms with van der Waals surface area (Å²) in [7, 11) is 1.81. The third-order valence-electron chi connectivity index (χ3n) is 4.30. The SMILES string of the molecule is CN(Cc1ccc(OCC(=O)O)cc1)C(=O)C1SCCc2ccccc21. The Kier molecular flexibility index (Phi) is 5.83. The van der Waals surface area contributed by atoms with E-state index in [0.717, 1.165) is 23.3 Å². The number of hydrogen-bond donors (Lipinski definition) is 1. The summed E-state index contributed by atoms with van der Waals surface area (Å²) >= 11 is 1.70. The van der Waals surface area contributed by atoms with Crippen LogP contribution in [0.2, 0.25) is 0 Å². The Morgan fingerprint density at radius 3 is 2.65 bits per heavy atom. The molecule has 1 N–H and O–H groups in total. The maximum absolute atomic E-state index is 12.9. The number of rotatable bonds is 6. The number of carbonyl (C=O) groups is 2. The fraction of sp³-hybridized carbons (Fsp3) is 0.300. The predicted octanol–water partition coefficient (Wildman–Crippen LogP) is 3.14. The van der Waals surface area contributed by atoms with Crippen molar-refractivity contribution in [2.75, 3.05) is 19.4 Å². The summed E-state index contributed by atoms with van der Waals surface area (Å²) in [6, 6.07) is 15.3. The lowest BCUT2D eigenvalue weighted by molar-refractivity contribution is -0.139. The van der Waals surface area contributed by atoms with E-state index in [4.69, 9.17) is 9.84 Å². The largest absolute Gasteiger partial charge is 0.482 e. The van der Waals surface area contributed by atoms with Crippen molar-refractivity contribution in [2.45, 2.75) is 18.2 Å². The van der Waals surface area contributed by atoms with E-state index in [2.05, 4.69) is 6.07 Å². The Labute approximate surface area is 157 Å². The lowest BCUT2D eigenvalue weighted by Crippen LogP contribution is -2.31. The van der Waals surface area contributed by atoms with Gasteiger partial charge in [-0.3, -0.25) is 4.79 Å². The Morgan fingerprint density at radius 2 is 1.92 bits per heavy atom. The summed E-state index contributed by atoms with van der Waals surface area (Å²) in [6.45, 7) is 0.132. The zero-order valence-corrected chi connectivity index (χ0v) is 15.4. The number of ether oxygens (including phenoxy) is 1. The van der Waals surface area contributed by atoms with Crippen molar-refractivity contribution in [3.8, 4) is 5.75 Å². The summed E-state index contributed by atoms with van der Waals surface area (Å²) in [5.74, 6) is 0.552. The number of carboxylic acids is 1. The molecule has 1 aliphatic heterocycles. The first kappa shape index (κ1) is 18.3. The normalized spacial score (nSPS) is 15.8. The van der Waals surface area contributed by atoms with Gasteiger partial charge in [0, 0.05) is 13.6 Å². The second-order valence-corrected chi connectivity index (χ2v) is 7.43. The molecule has 1 amide bonds. The van der Waals surface area contributed by atoms with Crippen LogP contribution in [-0.4, -0.2) is 41.3 Å². The molecule has 136 valence electrons. The quantitative estimate of drug-likeness (QED) is 0.845. The highest BCUT2D eigenvalue weighted by Crippen LogP contribution is 2.37. The monoisotopic (exact) mass is 371 g/mol. The minimum Gasteiger partial charge on any atom is -0.482 e. The number of carbonyl (C=O) groups excluding carboxylic acids is 1. The van der Waals surface area contributed by atoms with Crippen LogP contribution in [0.4, 0.5) is 0 Å². The predicted molar refractivity (Wildman–Crippen MR) is 101 cm³/mol. The van der Waals surface area contributed by atoms with Gasteiger partial charge in [-0.25, -0.2) is 4.79 Å². The third-order valence-corrected chi connectivity index (χ3v) is 5.53. The van der Waals surface area contributed by atoms with Crippen LogP contribution in [0.5, 0.6) is 5.75 Å².